The number of aliphatic hydroxyl groups excluding tert-OH is 1. The fourth-order valence-electron chi connectivity index (χ4n) is 5.32. The van der Waals surface area contributed by atoms with Gasteiger partial charge in [0.05, 0.1) is 25.3 Å². The molecule has 2 aliphatic heterocycles. The van der Waals surface area contributed by atoms with E-state index in [0.717, 1.165) is 39.0 Å². The van der Waals surface area contributed by atoms with Crippen molar-refractivity contribution in [3.8, 4) is 0 Å². The standard InChI is InChI=1S/C21H30N2O3.2C2HF3O2/c1-2-26-18(24)15-22-13-9-21(10-14-22)17-8-4-3-7-16(17)19(20(21)25)23-11-5-6-12-23;2*3-2(4,5)1(6)7/h3-4,7-8,19-20,25H,2,5-6,9-15H2,1H3;2*(H,6,7)/t19-,20+;;/m1../s1. The van der Waals surface area contributed by atoms with Gasteiger partial charge in [0.15, 0.2) is 0 Å². The van der Waals surface area contributed by atoms with Crippen LogP contribution in [0.25, 0.3) is 0 Å². The fraction of sp³-hybridized carbons (Fsp3) is 0.640. The van der Waals surface area contributed by atoms with E-state index in [-0.39, 0.29) is 23.5 Å². The Labute approximate surface area is 226 Å². The van der Waals surface area contributed by atoms with Crippen molar-refractivity contribution in [2.45, 2.75) is 62.5 Å². The minimum Gasteiger partial charge on any atom is -0.475 e. The van der Waals surface area contributed by atoms with Crippen LogP contribution in [-0.2, 0) is 24.5 Å². The van der Waals surface area contributed by atoms with Crippen LogP contribution in [0.3, 0.4) is 0 Å². The highest BCUT2D eigenvalue weighted by molar-refractivity contribution is 5.73. The van der Waals surface area contributed by atoms with Crippen molar-refractivity contribution in [2.24, 2.45) is 0 Å². The van der Waals surface area contributed by atoms with Crippen molar-refractivity contribution in [1.82, 2.24) is 9.80 Å². The molecule has 2 atom stereocenters. The van der Waals surface area contributed by atoms with Crippen LogP contribution in [0.2, 0.25) is 0 Å². The van der Waals surface area contributed by atoms with E-state index in [0.29, 0.717) is 13.2 Å². The van der Waals surface area contributed by atoms with Crippen molar-refractivity contribution in [3.05, 3.63) is 35.4 Å². The van der Waals surface area contributed by atoms with E-state index >= 15 is 0 Å². The molecule has 2 fully saturated rings. The Morgan fingerprint density at radius 3 is 1.85 bits per heavy atom. The van der Waals surface area contributed by atoms with Gasteiger partial charge in [0, 0.05) is 5.41 Å². The van der Waals surface area contributed by atoms with Crippen molar-refractivity contribution in [2.75, 3.05) is 39.3 Å². The third kappa shape index (κ3) is 8.30. The summed E-state index contributed by atoms with van der Waals surface area (Å²) in [5, 5.41) is 25.7. The number of aliphatic carboxylic acids is 2. The molecule has 15 heteroatoms. The van der Waals surface area contributed by atoms with Gasteiger partial charge in [-0.05, 0) is 69.9 Å². The van der Waals surface area contributed by atoms with E-state index in [2.05, 4.69) is 34.1 Å². The number of ether oxygens (including phenoxy) is 1. The second-order valence-corrected chi connectivity index (χ2v) is 9.56. The molecule has 3 aliphatic rings. The van der Waals surface area contributed by atoms with Crippen LogP contribution in [0.4, 0.5) is 26.3 Å². The Morgan fingerprint density at radius 1 is 0.925 bits per heavy atom. The molecule has 0 aromatic heterocycles. The zero-order valence-electron chi connectivity index (χ0n) is 21.7. The SMILES string of the molecule is CCOC(=O)CN1CCC2(CC1)c1ccccc1[C@@H](N1CCCC1)[C@@H]2O.O=C(O)C(F)(F)F.O=C(O)C(F)(F)F. The van der Waals surface area contributed by atoms with Gasteiger partial charge in [-0.1, -0.05) is 24.3 Å². The van der Waals surface area contributed by atoms with E-state index in [4.69, 9.17) is 24.5 Å². The number of piperidine rings is 1. The van der Waals surface area contributed by atoms with Crippen molar-refractivity contribution in [3.63, 3.8) is 0 Å². The molecular formula is C25H32F6N2O7. The number of benzene rings is 1. The summed E-state index contributed by atoms with van der Waals surface area (Å²) >= 11 is 0. The van der Waals surface area contributed by atoms with E-state index in [1.807, 2.05) is 6.92 Å². The monoisotopic (exact) mass is 586 g/mol. The summed E-state index contributed by atoms with van der Waals surface area (Å²) in [5.74, 6) is -5.66. The van der Waals surface area contributed by atoms with Gasteiger partial charge in [0.2, 0.25) is 0 Å². The van der Waals surface area contributed by atoms with Crippen LogP contribution in [0.1, 0.15) is 49.8 Å². The first-order chi connectivity index (χ1) is 18.5. The fourth-order valence-corrected chi connectivity index (χ4v) is 5.32. The van der Waals surface area contributed by atoms with Gasteiger partial charge in [0.1, 0.15) is 0 Å². The average molecular weight is 587 g/mol. The maximum absolute atomic E-state index is 11.8. The second kappa shape index (κ2) is 13.6. The number of carboxylic acids is 2. The molecule has 0 unspecified atom stereocenters. The minimum absolute atomic E-state index is 0.130. The first-order valence-corrected chi connectivity index (χ1v) is 12.5. The van der Waals surface area contributed by atoms with Gasteiger partial charge >= 0.3 is 30.3 Å². The second-order valence-electron chi connectivity index (χ2n) is 9.56. The summed E-state index contributed by atoms with van der Waals surface area (Å²) in [7, 11) is 0. The Balaban J connectivity index is 0.000000333. The van der Waals surface area contributed by atoms with Gasteiger partial charge in [-0.15, -0.1) is 0 Å². The molecule has 1 spiro atoms. The topological polar surface area (TPSA) is 128 Å². The Morgan fingerprint density at radius 2 is 1.40 bits per heavy atom. The molecule has 2 saturated heterocycles. The Bertz CT molecular complexity index is 996. The maximum atomic E-state index is 11.8. The number of nitrogens with zero attached hydrogens (tertiary/aromatic N) is 2. The van der Waals surface area contributed by atoms with Crippen LogP contribution in [0.5, 0.6) is 0 Å². The number of fused-ring (bicyclic) bond motifs is 2. The number of alkyl halides is 6. The van der Waals surface area contributed by atoms with Crippen LogP contribution in [0, 0.1) is 0 Å². The third-order valence-electron chi connectivity index (χ3n) is 7.11. The third-order valence-corrected chi connectivity index (χ3v) is 7.11. The number of carbonyl (C=O) groups is 3. The summed E-state index contributed by atoms with van der Waals surface area (Å²) in [6.45, 7) is 6.46. The molecule has 0 radical (unpaired) electrons. The molecule has 3 N–H and O–H groups in total. The van der Waals surface area contributed by atoms with Crippen LogP contribution >= 0.6 is 0 Å². The maximum Gasteiger partial charge on any atom is 0.490 e. The summed E-state index contributed by atoms with van der Waals surface area (Å²) in [6.07, 6.45) is -6.27. The largest absolute Gasteiger partial charge is 0.490 e. The minimum atomic E-state index is -5.08. The Hall–Kier alpha value is -2.91. The van der Waals surface area contributed by atoms with Crippen LogP contribution < -0.4 is 0 Å². The normalized spacial score (nSPS) is 22.4. The zero-order valence-corrected chi connectivity index (χ0v) is 21.7. The molecule has 40 heavy (non-hydrogen) atoms. The summed E-state index contributed by atoms with van der Waals surface area (Å²) in [4.78, 5) is 34.2. The highest BCUT2D eigenvalue weighted by atomic mass is 19.4. The molecule has 4 rings (SSSR count). The quantitative estimate of drug-likeness (QED) is 0.360. The van der Waals surface area contributed by atoms with E-state index in [1.165, 1.54) is 24.0 Å². The van der Waals surface area contributed by atoms with Gasteiger partial charge in [-0.25, -0.2) is 9.59 Å². The number of aliphatic hydroxyl groups is 1. The highest BCUT2D eigenvalue weighted by Gasteiger charge is 2.54. The molecule has 226 valence electrons. The lowest BCUT2D eigenvalue weighted by Gasteiger charge is -2.43. The zero-order chi connectivity index (χ0) is 30.3. The first-order valence-electron chi connectivity index (χ1n) is 12.5. The van der Waals surface area contributed by atoms with Crippen molar-refractivity contribution in [1.29, 1.82) is 0 Å². The van der Waals surface area contributed by atoms with Gasteiger partial charge in [0.25, 0.3) is 0 Å². The summed E-state index contributed by atoms with van der Waals surface area (Å²) in [5.41, 5.74) is 2.48. The number of hydrogen-bond acceptors (Lipinski definition) is 7. The van der Waals surface area contributed by atoms with E-state index < -0.39 is 24.3 Å². The summed E-state index contributed by atoms with van der Waals surface area (Å²) in [6, 6.07) is 8.76. The Kier molecular flexibility index (Phi) is 11.3. The van der Waals surface area contributed by atoms with Crippen LogP contribution in [0.15, 0.2) is 24.3 Å². The lowest BCUT2D eigenvalue weighted by atomic mass is 9.72. The highest BCUT2D eigenvalue weighted by Crippen LogP contribution is 2.53. The van der Waals surface area contributed by atoms with Gasteiger partial charge in [-0.3, -0.25) is 14.6 Å². The lowest BCUT2D eigenvalue weighted by Crippen LogP contribution is -2.50. The number of rotatable bonds is 4. The molecule has 2 heterocycles. The molecule has 1 aliphatic carbocycles. The van der Waals surface area contributed by atoms with Gasteiger partial charge in [-0.2, -0.15) is 26.3 Å². The van der Waals surface area contributed by atoms with E-state index in [1.54, 1.807) is 0 Å². The van der Waals surface area contributed by atoms with Crippen molar-refractivity contribution < 1.29 is 60.8 Å². The predicted octanol–water partition coefficient (Wildman–Crippen LogP) is 3.36. The van der Waals surface area contributed by atoms with E-state index in [9.17, 15) is 36.2 Å². The van der Waals surface area contributed by atoms with Gasteiger partial charge < -0.3 is 20.1 Å². The average Bonchev–Trinajstić information content (AvgIpc) is 3.46. The molecule has 0 bridgehead atoms. The number of hydrogen-bond donors (Lipinski definition) is 3. The molecule has 0 saturated carbocycles. The molecule has 1 aromatic carbocycles. The first kappa shape index (κ1) is 33.3. The molecule has 0 amide bonds. The lowest BCUT2D eigenvalue weighted by molar-refractivity contribution is -0.193. The van der Waals surface area contributed by atoms with Crippen LogP contribution in [-0.4, -0.2) is 101 Å². The predicted molar refractivity (Wildman–Crippen MR) is 127 cm³/mol. The van der Waals surface area contributed by atoms with Crippen molar-refractivity contribution >= 4 is 17.9 Å². The molecule has 9 nitrogen and oxygen atoms in total. The number of halogens is 6. The number of likely N-dealkylation sites (tertiary alicyclic amines) is 2. The smallest absolute Gasteiger partial charge is 0.475 e. The molecule has 1 aromatic rings. The number of carboxylic acid groups (broad SMARTS) is 2. The number of carbonyl (C=O) groups excluding carboxylic acids is 1. The summed E-state index contributed by atoms with van der Waals surface area (Å²) < 4.78 is 68.6. The molecular weight excluding hydrogens is 554 g/mol. The number of esters is 1.